The van der Waals surface area contributed by atoms with Crippen molar-refractivity contribution < 1.29 is 4.79 Å². The minimum Gasteiger partial charge on any atom is -0.364 e. The molecule has 1 amide bonds. The number of nitrogens with two attached hydrogens (primary N) is 1. The van der Waals surface area contributed by atoms with Crippen LogP contribution in [0.1, 0.15) is 10.5 Å². The average Bonchev–Trinajstić information content (AvgIpc) is 2.91. The summed E-state index contributed by atoms with van der Waals surface area (Å²) in [5.74, 6) is -0.530. The number of nitrogens with zero attached hydrogens (tertiary/aromatic N) is 5. The Balaban J connectivity index is 2.30. The van der Waals surface area contributed by atoms with E-state index in [1.54, 1.807) is 6.20 Å². The van der Waals surface area contributed by atoms with Gasteiger partial charge in [0.2, 0.25) is 0 Å². The molecule has 2 N–H and O–H groups in total. The molecule has 2 heterocycles. The average molecular weight is 330 g/mol. The van der Waals surface area contributed by atoms with Crippen molar-refractivity contribution in [1.29, 1.82) is 0 Å². The number of carbonyl (C=O) groups excluding carboxylic acids is 1. The lowest BCUT2D eigenvalue weighted by molar-refractivity contribution is 0.0996. The molecule has 3 rings (SSSR count). The van der Waals surface area contributed by atoms with E-state index in [2.05, 4.69) is 20.0 Å². The summed E-state index contributed by atoms with van der Waals surface area (Å²) in [5.41, 5.74) is 7.39. The summed E-state index contributed by atoms with van der Waals surface area (Å²) >= 11 is 1.48. The summed E-state index contributed by atoms with van der Waals surface area (Å²) in [6, 6.07) is 3.76. The first kappa shape index (κ1) is 15.7. The number of fused-ring (bicyclic) bond motifs is 3. The third-order valence-corrected chi connectivity index (χ3v) is 4.17. The number of carbonyl (C=O) groups is 1. The van der Waals surface area contributed by atoms with E-state index in [0.717, 1.165) is 28.4 Å². The van der Waals surface area contributed by atoms with Gasteiger partial charge in [-0.05, 0) is 26.4 Å². The van der Waals surface area contributed by atoms with Crippen LogP contribution in [0.2, 0.25) is 0 Å². The zero-order valence-electron chi connectivity index (χ0n) is 13.3. The van der Waals surface area contributed by atoms with Gasteiger partial charge in [-0.25, -0.2) is 9.97 Å². The second-order valence-corrected chi connectivity index (χ2v) is 6.27. The number of primary amides is 1. The highest BCUT2D eigenvalue weighted by molar-refractivity contribution is 7.98. The number of likely N-dealkylation sites (N-methyl/N-ethyl adjacent to an activating group) is 1. The summed E-state index contributed by atoms with van der Waals surface area (Å²) in [6.45, 7) is 1.44. The predicted octanol–water partition coefficient (Wildman–Crippen LogP) is 1.36. The molecule has 1 aromatic carbocycles. The second kappa shape index (κ2) is 6.13. The fourth-order valence-electron chi connectivity index (χ4n) is 2.48. The summed E-state index contributed by atoms with van der Waals surface area (Å²) in [5, 5.41) is 6.75. The van der Waals surface area contributed by atoms with Crippen molar-refractivity contribution in [3.63, 3.8) is 0 Å². The Morgan fingerprint density at radius 2 is 2.17 bits per heavy atom. The number of thioether (sulfide) groups is 1. The first-order valence-electron chi connectivity index (χ1n) is 7.16. The molecule has 0 radical (unpaired) electrons. The van der Waals surface area contributed by atoms with Crippen molar-refractivity contribution in [2.45, 2.75) is 11.7 Å². The molecule has 0 spiro atoms. The van der Waals surface area contributed by atoms with Gasteiger partial charge in [-0.2, -0.15) is 5.10 Å². The Bertz CT molecular complexity index is 888. The largest absolute Gasteiger partial charge is 0.364 e. The fourth-order valence-corrected chi connectivity index (χ4v) is 2.82. The number of hydrogen-bond donors (Lipinski definition) is 1. The SMILES string of the molecule is CSc1ncc2ccc3c(C(N)=O)nn(CCN(C)C)c3c2n1. The lowest BCUT2D eigenvalue weighted by Gasteiger charge is -2.10. The van der Waals surface area contributed by atoms with Crippen molar-refractivity contribution >= 4 is 39.5 Å². The fraction of sp³-hybridized carbons (Fsp3) is 0.333. The van der Waals surface area contributed by atoms with Crippen molar-refractivity contribution in [2.24, 2.45) is 5.73 Å². The van der Waals surface area contributed by atoms with Crippen LogP contribution in [0.3, 0.4) is 0 Å². The van der Waals surface area contributed by atoms with Gasteiger partial charge in [-0.1, -0.05) is 17.8 Å². The molecular weight excluding hydrogens is 312 g/mol. The maximum absolute atomic E-state index is 11.7. The van der Waals surface area contributed by atoms with Gasteiger partial charge in [-0.15, -0.1) is 0 Å². The maximum Gasteiger partial charge on any atom is 0.269 e. The molecule has 3 aromatic rings. The molecule has 0 aliphatic rings. The summed E-state index contributed by atoms with van der Waals surface area (Å²) in [7, 11) is 3.99. The molecule has 0 saturated heterocycles. The molecule has 23 heavy (non-hydrogen) atoms. The third kappa shape index (κ3) is 2.87. The third-order valence-electron chi connectivity index (χ3n) is 3.61. The van der Waals surface area contributed by atoms with Gasteiger partial charge in [0.05, 0.1) is 12.1 Å². The molecule has 0 atom stereocenters. The molecule has 0 aliphatic carbocycles. The van der Waals surface area contributed by atoms with Crippen molar-refractivity contribution in [2.75, 3.05) is 26.9 Å². The van der Waals surface area contributed by atoms with Crippen LogP contribution in [0.15, 0.2) is 23.5 Å². The van der Waals surface area contributed by atoms with Gasteiger partial charge in [0.1, 0.15) is 5.52 Å². The van der Waals surface area contributed by atoms with Crippen LogP contribution in [0.4, 0.5) is 0 Å². The van der Waals surface area contributed by atoms with Crippen LogP contribution in [0, 0.1) is 0 Å². The summed E-state index contributed by atoms with van der Waals surface area (Å²) in [4.78, 5) is 22.7. The van der Waals surface area contributed by atoms with E-state index < -0.39 is 5.91 Å². The first-order valence-corrected chi connectivity index (χ1v) is 8.38. The molecule has 8 heteroatoms. The highest BCUT2D eigenvalue weighted by atomic mass is 32.2. The molecule has 0 saturated carbocycles. The van der Waals surface area contributed by atoms with E-state index in [0.29, 0.717) is 11.7 Å². The van der Waals surface area contributed by atoms with E-state index in [4.69, 9.17) is 5.73 Å². The molecule has 0 bridgehead atoms. The molecule has 0 fully saturated rings. The number of rotatable bonds is 5. The van der Waals surface area contributed by atoms with Crippen LogP contribution in [-0.4, -0.2) is 57.5 Å². The summed E-state index contributed by atoms with van der Waals surface area (Å²) < 4.78 is 1.81. The standard InChI is InChI=1S/C15H18N6OS/c1-20(2)6-7-21-13-10(12(19-21)14(16)22)5-4-9-8-17-15(23-3)18-11(9)13/h4-5,8H,6-7H2,1-3H3,(H2,16,22). The van der Waals surface area contributed by atoms with Gasteiger partial charge >= 0.3 is 0 Å². The number of benzene rings is 1. The van der Waals surface area contributed by atoms with Gasteiger partial charge in [0.15, 0.2) is 10.9 Å². The van der Waals surface area contributed by atoms with Gasteiger partial charge in [0, 0.05) is 23.5 Å². The van der Waals surface area contributed by atoms with Crippen LogP contribution in [0.5, 0.6) is 0 Å². The topological polar surface area (TPSA) is 89.9 Å². The Morgan fingerprint density at radius 1 is 1.39 bits per heavy atom. The Hall–Kier alpha value is -2.19. The van der Waals surface area contributed by atoms with Gasteiger partial charge < -0.3 is 10.6 Å². The predicted molar refractivity (Wildman–Crippen MR) is 91.7 cm³/mol. The van der Waals surface area contributed by atoms with Crippen molar-refractivity contribution in [1.82, 2.24) is 24.6 Å². The first-order chi connectivity index (χ1) is 11.0. The summed E-state index contributed by atoms with van der Waals surface area (Å²) in [6.07, 6.45) is 3.72. The van der Waals surface area contributed by atoms with Crippen molar-refractivity contribution in [3.05, 3.63) is 24.0 Å². The lowest BCUT2D eigenvalue weighted by atomic mass is 10.1. The minimum absolute atomic E-state index is 0.282. The zero-order valence-corrected chi connectivity index (χ0v) is 14.1. The van der Waals surface area contributed by atoms with E-state index >= 15 is 0 Å². The van der Waals surface area contributed by atoms with E-state index in [-0.39, 0.29) is 5.69 Å². The zero-order chi connectivity index (χ0) is 16.6. The lowest BCUT2D eigenvalue weighted by Crippen LogP contribution is -2.19. The highest BCUT2D eigenvalue weighted by Gasteiger charge is 2.18. The van der Waals surface area contributed by atoms with E-state index in [1.165, 1.54) is 11.8 Å². The van der Waals surface area contributed by atoms with Crippen molar-refractivity contribution in [3.8, 4) is 0 Å². The molecule has 0 aliphatic heterocycles. The normalized spacial score (nSPS) is 11.7. The van der Waals surface area contributed by atoms with Crippen LogP contribution >= 0.6 is 11.8 Å². The monoisotopic (exact) mass is 330 g/mol. The maximum atomic E-state index is 11.7. The quantitative estimate of drug-likeness (QED) is 0.561. The number of aromatic nitrogens is 4. The second-order valence-electron chi connectivity index (χ2n) is 5.50. The molecule has 2 aromatic heterocycles. The Morgan fingerprint density at radius 3 is 2.83 bits per heavy atom. The van der Waals surface area contributed by atoms with Gasteiger partial charge in [0.25, 0.3) is 5.91 Å². The smallest absolute Gasteiger partial charge is 0.269 e. The van der Waals surface area contributed by atoms with Crippen LogP contribution in [0.25, 0.3) is 21.8 Å². The minimum atomic E-state index is -0.530. The number of hydrogen-bond acceptors (Lipinski definition) is 6. The highest BCUT2D eigenvalue weighted by Crippen LogP contribution is 2.27. The molecular formula is C15H18N6OS. The van der Waals surface area contributed by atoms with E-state index in [1.807, 2.05) is 37.2 Å². The molecule has 0 unspecified atom stereocenters. The van der Waals surface area contributed by atoms with Gasteiger partial charge in [-0.3, -0.25) is 9.48 Å². The Kier molecular flexibility index (Phi) is 4.18. The van der Waals surface area contributed by atoms with Crippen LogP contribution in [-0.2, 0) is 6.54 Å². The van der Waals surface area contributed by atoms with E-state index in [9.17, 15) is 4.79 Å². The molecule has 7 nitrogen and oxygen atoms in total. The van der Waals surface area contributed by atoms with Crippen LogP contribution < -0.4 is 5.73 Å². The molecule has 120 valence electrons. The number of amides is 1. The Labute approximate surface area is 137 Å².